The van der Waals surface area contributed by atoms with E-state index < -0.39 is 6.52 Å². The molecule has 0 aliphatic rings. The van der Waals surface area contributed by atoms with Crippen molar-refractivity contribution in [3.8, 4) is 0 Å². The zero-order valence-corrected chi connectivity index (χ0v) is 20.1. The van der Waals surface area contributed by atoms with Crippen LogP contribution in [0.4, 0.5) is 0 Å². The highest BCUT2D eigenvalue weighted by atomic mass is 15.2. The van der Waals surface area contributed by atoms with Crippen LogP contribution in [-0.2, 0) is 19.6 Å². The molecule has 0 fully saturated rings. The molecule has 2 aromatic carbocycles. The summed E-state index contributed by atoms with van der Waals surface area (Å²) in [6.45, 7) is 7.36. The Balaban J connectivity index is 1.40. The molecular weight excluding hydrogens is 420 g/mol. The van der Waals surface area contributed by atoms with Crippen molar-refractivity contribution in [2.45, 2.75) is 52.5 Å². The van der Waals surface area contributed by atoms with Crippen LogP contribution in [0.5, 0.6) is 0 Å². The van der Waals surface area contributed by atoms with Crippen molar-refractivity contribution < 1.29 is 1.37 Å². The zero-order chi connectivity index (χ0) is 24.6. The summed E-state index contributed by atoms with van der Waals surface area (Å²) in [5.41, 5.74) is 4.47. The molecule has 6 nitrogen and oxygen atoms in total. The molecular formula is C28H34N6. The molecule has 2 heterocycles. The minimum atomic E-state index is -0.400. The smallest absolute Gasteiger partial charge is 0.123 e. The lowest BCUT2D eigenvalue weighted by atomic mass is 10.1. The average molecular weight is 456 g/mol. The van der Waals surface area contributed by atoms with Crippen molar-refractivity contribution in [2.24, 2.45) is 0 Å². The van der Waals surface area contributed by atoms with E-state index in [4.69, 9.17) is 1.37 Å². The fourth-order valence-electron chi connectivity index (χ4n) is 3.71. The molecule has 0 aliphatic heterocycles. The first-order chi connectivity index (χ1) is 17.0. The van der Waals surface area contributed by atoms with E-state index in [2.05, 4.69) is 99.5 Å². The summed E-state index contributed by atoms with van der Waals surface area (Å²) in [4.78, 5) is 17.6. The number of aromatic nitrogens is 4. The summed E-state index contributed by atoms with van der Waals surface area (Å²) in [7, 11) is 0. The monoisotopic (exact) mass is 455 g/mol. The van der Waals surface area contributed by atoms with Gasteiger partial charge in [0.05, 0.1) is 12.6 Å². The maximum atomic E-state index is 8.20. The Morgan fingerprint density at radius 1 is 0.853 bits per heavy atom. The van der Waals surface area contributed by atoms with E-state index >= 15 is 0 Å². The Hall–Kier alpha value is -3.48. The summed E-state index contributed by atoms with van der Waals surface area (Å²) in [6, 6.07) is 17.2. The molecule has 176 valence electrons. The number of aromatic amines is 2. The maximum Gasteiger partial charge on any atom is 0.123 e. The van der Waals surface area contributed by atoms with Gasteiger partial charge in [-0.05, 0) is 29.2 Å². The number of nitrogens with one attached hydrogen (secondary N) is 3. The average Bonchev–Trinajstić information content (AvgIpc) is 3.57. The van der Waals surface area contributed by atoms with Crippen molar-refractivity contribution in [3.05, 3.63) is 107 Å². The molecule has 0 saturated heterocycles. The largest absolute Gasteiger partial charge is 0.348 e. The normalized spacial score (nSPS) is 14.1. The van der Waals surface area contributed by atoms with Crippen LogP contribution in [0.1, 0.15) is 62.1 Å². The molecule has 2 atom stereocenters. The molecule has 0 amide bonds. The fraction of sp³-hybridized carbons (Fsp3) is 0.286. The molecule has 0 saturated carbocycles. The molecule has 0 radical (unpaired) electrons. The third kappa shape index (κ3) is 6.76. The third-order valence-corrected chi connectivity index (χ3v) is 5.72. The lowest BCUT2D eigenvalue weighted by molar-refractivity contribution is 0.181. The van der Waals surface area contributed by atoms with Crippen LogP contribution in [-0.4, -0.2) is 30.9 Å². The second-order valence-corrected chi connectivity index (χ2v) is 8.80. The van der Waals surface area contributed by atoms with Gasteiger partial charge in [0, 0.05) is 45.3 Å². The first kappa shape index (κ1) is 22.3. The Bertz CT molecular complexity index is 1170. The van der Waals surface area contributed by atoms with Gasteiger partial charge in [-0.25, -0.2) is 9.97 Å². The van der Waals surface area contributed by atoms with Gasteiger partial charge >= 0.3 is 0 Å². The Labute approximate surface area is 203 Å². The standard InChI is InChI=1S/C28H34N6/c1-21(2)33-18-25-10-6-23(7-11-25)4-5-24-8-12-26(13-9-24)19-34(20-27-29-14-15-30-27)22(3)28-31-16-17-32-28/h4-17,21-22,33H,18-20H2,1-3H3,(H,29,30)(H,31,32)/b5-4+/i18D. The van der Waals surface area contributed by atoms with Crippen molar-refractivity contribution in [3.63, 3.8) is 0 Å². The summed E-state index contributed by atoms with van der Waals surface area (Å²) < 4.78 is 8.20. The van der Waals surface area contributed by atoms with Crippen LogP contribution in [0.3, 0.4) is 0 Å². The number of rotatable bonds is 11. The van der Waals surface area contributed by atoms with Gasteiger partial charge in [-0.1, -0.05) is 74.5 Å². The second-order valence-electron chi connectivity index (χ2n) is 8.80. The maximum absolute atomic E-state index is 8.20. The van der Waals surface area contributed by atoms with E-state index in [1.54, 1.807) is 12.4 Å². The van der Waals surface area contributed by atoms with E-state index in [1.165, 1.54) is 5.56 Å². The highest BCUT2D eigenvalue weighted by Gasteiger charge is 2.19. The molecule has 4 aromatic rings. The van der Waals surface area contributed by atoms with E-state index in [9.17, 15) is 0 Å². The van der Waals surface area contributed by atoms with Gasteiger partial charge in [0.2, 0.25) is 0 Å². The predicted octanol–water partition coefficient (Wildman–Crippen LogP) is 5.56. The van der Waals surface area contributed by atoms with Gasteiger partial charge in [0.1, 0.15) is 11.6 Å². The van der Waals surface area contributed by atoms with Gasteiger partial charge in [0.25, 0.3) is 0 Å². The lowest BCUT2D eigenvalue weighted by Gasteiger charge is -2.27. The van der Waals surface area contributed by atoms with E-state index in [1.807, 2.05) is 24.5 Å². The minimum Gasteiger partial charge on any atom is -0.348 e. The molecule has 2 unspecified atom stereocenters. The molecule has 6 heteroatoms. The third-order valence-electron chi connectivity index (χ3n) is 5.72. The van der Waals surface area contributed by atoms with Crippen molar-refractivity contribution in [1.82, 2.24) is 30.2 Å². The number of H-pyrrole nitrogens is 2. The summed E-state index contributed by atoms with van der Waals surface area (Å²) in [6.07, 6.45) is 11.5. The quantitative estimate of drug-likeness (QED) is 0.259. The van der Waals surface area contributed by atoms with E-state index in [-0.39, 0.29) is 12.1 Å². The molecule has 2 aromatic heterocycles. The van der Waals surface area contributed by atoms with Crippen LogP contribution in [0.2, 0.25) is 0 Å². The molecule has 4 rings (SSSR count). The number of nitrogens with zero attached hydrogens (tertiary/aromatic N) is 3. The highest BCUT2D eigenvalue weighted by molar-refractivity contribution is 5.69. The fourth-order valence-corrected chi connectivity index (χ4v) is 3.71. The van der Waals surface area contributed by atoms with E-state index in [0.29, 0.717) is 6.54 Å². The zero-order valence-electron chi connectivity index (χ0n) is 21.1. The molecule has 34 heavy (non-hydrogen) atoms. The minimum absolute atomic E-state index is 0.122. The SMILES string of the molecule is [2H]C(NC(C)C)c1ccc(/C=C/c2ccc(CN(Cc3ncc[nH]3)C(C)c3ncc[nH]3)cc2)cc1. The molecule has 0 bridgehead atoms. The predicted molar refractivity (Wildman–Crippen MR) is 139 cm³/mol. The first-order valence-corrected chi connectivity index (χ1v) is 11.7. The van der Waals surface area contributed by atoms with Gasteiger partial charge < -0.3 is 15.3 Å². The molecule has 0 aliphatic carbocycles. The van der Waals surface area contributed by atoms with Crippen LogP contribution < -0.4 is 5.32 Å². The van der Waals surface area contributed by atoms with Gasteiger partial charge in [0.15, 0.2) is 0 Å². The van der Waals surface area contributed by atoms with Crippen molar-refractivity contribution >= 4 is 12.2 Å². The van der Waals surface area contributed by atoms with E-state index in [0.717, 1.165) is 34.9 Å². The van der Waals surface area contributed by atoms with Crippen LogP contribution >= 0.6 is 0 Å². The van der Waals surface area contributed by atoms with Crippen LogP contribution in [0, 0.1) is 0 Å². The second kappa shape index (κ2) is 11.6. The van der Waals surface area contributed by atoms with Gasteiger partial charge in [-0.3, -0.25) is 4.90 Å². The Morgan fingerprint density at radius 3 is 2.03 bits per heavy atom. The topological polar surface area (TPSA) is 72.6 Å². The summed E-state index contributed by atoms with van der Waals surface area (Å²) in [5, 5.41) is 3.22. The molecule has 3 N–H and O–H groups in total. The van der Waals surface area contributed by atoms with Crippen LogP contribution in [0.15, 0.2) is 73.3 Å². The van der Waals surface area contributed by atoms with Crippen molar-refractivity contribution in [2.75, 3.05) is 0 Å². The van der Waals surface area contributed by atoms with Crippen LogP contribution in [0.25, 0.3) is 12.2 Å². The molecule has 0 spiro atoms. The number of hydrogen-bond donors (Lipinski definition) is 3. The lowest BCUT2D eigenvalue weighted by Crippen LogP contribution is -2.27. The number of imidazole rings is 2. The number of benzene rings is 2. The van der Waals surface area contributed by atoms with Gasteiger partial charge in [-0.15, -0.1) is 0 Å². The first-order valence-electron chi connectivity index (χ1n) is 12.3. The number of hydrogen-bond acceptors (Lipinski definition) is 4. The van der Waals surface area contributed by atoms with Gasteiger partial charge in [-0.2, -0.15) is 0 Å². The summed E-state index contributed by atoms with van der Waals surface area (Å²) >= 11 is 0. The Kier molecular flexibility index (Phi) is 7.61. The Morgan fingerprint density at radius 2 is 1.47 bits per heavy atom. The highest BCUT2D eigenvalue weighted by Crippen LogP contribution is 2.22. The summed E-state index contributed by atoms with van der Waals surface area (Å²) in [5.74, 6) is 1.88. The van der Waals surface area contributed by atoms with Crippen molar-refractivity contribution in [1.29, 1.82) is 0 Å².